The van der Waals surface area contributed by atoms with Gasteiger partial charge in [-0.05, 0) is 31.5 Å². The van der Waals surface area contributed by atoms with E-state index in [0.29, 0.717) is 10.6 Å². The maximum Gasteiger partial charge on any atom is 0.276 e. The molecule has 1 rings (SSSR count). The number of aliphatic hydroxyl groups excluding tert-OH is 1. The quantitative estimate of drug-likeness (QED) is 0.792. The number of carbonyl (C=O) groups excluding carboxylic acids is 1. The Morgan fingerprint density at radius 3 is 2.88 bits per heavy atom. The Labute approximate surface area is 99.1 Å². The minimum absolute atomic E-state index is 0.0369. The molecule has 1 aromatic carbocycles. The van der Waals surface area contributed by atoms with E-state index in [1.807, 2.05) is 6.92 Å². The molecule has 5 heteroatoms. The highest BCUT2D eigenvalue weighted by molar-refractivity contribution is 6.33. The Morgan fingerprint density at radius 2 is 2.31 bits per heavy atom. The fourth-order valence-corrected chi connectivity index (χ4v) is 1.41. The van der Waals surface area contributed by atoms with E-state index in [1.165, 1.54) is 0 Å². The molecule has 0 spiro atoms. The molecule has 0 unspecified atom stereocenters. The Hall–Kier alpha value is -1.10. The highest BCUT2D eigenvalue weighted by Gasteiger charge is 2.10. The molecule has 1 atom stereocenters. The highest BCUT2D eigenvalue weighted by atomic mass is 35.5. The molecule has 4 nitrogen and oxygen atoms in total. The van der Waals surface area contributed by atoms with E-state index in [1.54, 1.807) is 25.1 Å². The summed E-state index contributed by atoms with van der Waals surface area (Å²) in [6.45, 7) is 3.48. The molecule has 0 heterocycles. The second-order valence-corrected chi connectivity index (χ2v) is 3.98. The number of hydrogen-bond acceptors (Lipinski definition) is 3. The van der Waals surface area contributed by atoms with Gasteiger partial charge in [-0.1, -0.05) is 17.7 Å². The van der Waals surface area contributed by atoms with E-state index in [2.05, 4.69) is 5.48 Å². The van der Waals surface area contributed by atoms with Crippen LogP contribution in [-0.4, -0.2) is 23.7 Å². The molecular formula is C11H14ClNO3. The van der Waals surface area contributed by atoms with E-state index in [0.717, 1.165) is 5.56 Å². The molecule has 0 fully saturated rings. The largest absolute Gasteiger partial charge is 0.391 e. The van der Waals surface area contributed by atoms with Crippen molar-refractivity contribution in [2.24, 2.45) is 0 Å². The van der Waals surface area contributed by atoms with Crippen LogP contribution in [0.4, 0.5) is 0 Å². The van der Waals surface area contributed by atoms with Crippen molar-refractivity contribution in [3.63, 3.8) is 0 Å². The van der Waals surface area contributed by atoms with Gasteiger partial charge in [-0.3, -0.25) is 9.63 Å². The highest BCUT2D eigenvalue weighted by Crippen LogP contribution is 2.17. The summed E-state index contributed by atoms with van der Waals surface area (Å²) < 4.78 is 0. The van der Waals surface area contributed by atoms with Gasteiger partial charge < -0.3 is 5.11 Å². The molecule has 1 aromatic rings. The summed E-state index contributed by atoms with van der Waals surface area (Å²) >= 11 is 5.90. The molecular weight excluding hydrogens is 230 g/mol. The van der Waals surface area contributed by atoms with Gasteiger partial charge in [0, 0.05) is 0 Å². The van der Waals surface area contributed by atoms with Crippen molar-refractivity contribution in [2.45, 2.75) is 20.0 Å². The van der Waals surface area contributed by atoms with Gasteiger partial charge in [-0.25, -0.2) is 5.48 Å². The summed E-state index contributed by atoms with van der Waals surface area (Å²) in [5.74, 6) is -0.425. The summed E-state index contributed by atoms with van der Waals surface area (Å²) in [6.07, 6.45) is -0.631. The molecule has 16 heavy (non-hydrogen) atoms. The van der Waals surface area contributed by atoms with Gasteiger partial charge in [0.15, 0.2) is 0 Å². The second kappa shape index (κ2) is 5.84. The average Bonchev–Trinajstić information content (AvgIpc) is 2.16. The van der Waals surface area contributed by atoms with Gasteiger partial charge >= 0.3 is 0 Å². The zero-order chi connectivity index (χ0) is 12.1. The molecule has 0 radical (unpaired) electrons. The summed E-state index contributed by atoms with van der Waals surface area (Å²) in [5.41, 5.74) is 3.53. The van der Waals surface area contributed by atoms with Gasteiger partial charge in [0.1, 0.15) is 6.61 Å². The van der Waals surface area contributed by atoms with Crippen molar-refractivity contribution in [3.05, 3.63) is 34.3 Å². The SMILES string of the molecule is Cc1ccc(C(=O)NOC[C@@H](C)O)c(Cl)c1. The minimum Gasteiger partial charge on any atom is -0.391 e. The van der Waals surface area contributed by atoms with Crippen LogP contribution in [0.3, 0.4) is 0 Å². The van der Waals surface area contributed by atoms with Crippen LogP contribution in [0.15, 0.2) is 18.2 Å². The number of carbonyl (C=O) groups is 1. The summed E-state index contributed by atoms with van der Waals surface area (Å²) in [4.78, 5) is 16.3. The molecule has 0 aromatic heterocycles. The van der Waals surface area contributed by atoms with E-state index < -0.39 is 12.0 Å². The van der Waals surface area contributed by atoms with Crippen LogP contribution >= 0.6 is 11.6 Å². The lowest BCUT2D eigenvalue weighted by molar-refractivity contribution is -0.00686. The number of aliphatic hydroxyl groups is 1. The number of nitrogens with one attached hydrogen (secondary N) is 1. The molecule has 0 aliphatic heterocycles. The monoisotopic (exact) mass is 243 g/mol. The van der Waals surface area contributed by atoms with Crippen molar-refractivity contribution >= 4 is 17.5 Å². The first-order valence-corrected chi connectivity index (χ1v) is 5.25. The number of hydrogen-bond donors (Lipinski definition) is 2. The summed E-state index contributed by atoms with van der Waals surface area (Å²) in [6, 6.07) is 5.11. The first-order valence-electron chi connectivity index (χ1n) is 4.87. The summed E-state index contributed by atoms with van der Waals surface area (Å²) in [7, 11) is 0. The molecule has 0 saturated carbocycles. The van der Waals surface area contributed by atoms with Crippen molar-refractivity contribution in [1.82, 2.24) is 5.48 Å². The van der Waals surface area contributed by atoms with E-state index in [-0.39, 0.29) is 6.61 Å². The van der Waals surface area contributed by atoms with Crippen molar-refractivity contribution < 1.29 is 14.7 Å². The van der Waals surface area contributed by atoms with Gasteiger partial charge in [-0.2, -0.15) is 0 Å². The maximum absolute atomic E-state index is 11.6. The fraction of sp³-hybridized carbons (Fsp3) is 0.364. The standard InChI is InChI=1S/C11H14ClNO3/c1-7-3-4-9(10(12)5-7)11(15)13-16-6-8(2)14/h3-5,8,14H,6H2,1-2H3,(H,13,15)/t8-/m1/s1. The molecule has 1 amide bonds. The van der Waals surface area contributed by atoms with Crippen LogP contribution in [0, 0.1) is 6.92 Å². The third kappa shape index (κ3) is 3.81. The number of halogens is 1. The minimum atomic E-state index is -0.631. The van der Waals surface area contributed by atoms with Crippen LogP contribution in [0.5, 0.6) is 0 Å². The Balaban J connectivity index is 2.59. The zero-order valence-electron chi connectivity index (χ0n) is 9.16. The molecule has 0 aliphatic rings. The molecule has 0 saturated heterocycles. The van der Waals surface area contributed by atoms with Crippen molar-refractivity contribution in [3.8, 4) is 0 Å². The Kier molecular flexibility index (Phi) is 4.73. The lowest BCUT2D eigenvalue weighted by atomic mass is 10.1. The maximum atomic E-state index is 11.6. The molecule has 88 valence electrons. The molecule has 2 N–H and O–H groups in total. The number of aryl methyl sites for hydroxylation is 1. The third-order valence-electron chi connectivity index (χ3n) is 1.86. The summed E-state index contributed by atoms with van der Waals surface area (Å²) in [5, 5.41) is 9.30. The van der Waals surface area contributed by atoms with E-state index in [9.17, 15) is 4.79 Å². The zero-order valence-corrected chi connectivity index (χ0v) is 9.91. The third-order valence-corrected chi connectivity index (χ3v) is 2.17. The van der Waals surface area contributed by atoms with E-state index >= 15 is 0 Å². The lowest BCUT2D eigenvalue weighted by Crippen LogP contribution is -2.27. The molecule has 0 aliphatic carbocycles. The second-order valence-electron chi connectivity index (χ2n) is 3.57. The van der Waals surface area contributed by atoms with Crippen LogP contribution in [0.2, 0.25) is 5.02 Å². The van der Waals surface area contributed by atoms with Gasteiger partial charge in [-0.15, -0.1) is 0 Å². The van der Waals surface area contributed by atoms with Gasteiger partial charge in [0.2, 0.25) is 0 Å². The van der Waals surface area contributed by atoms with Crippen LogP contribution in [0.25, 0.3) is 0 Å². The fourth-order valence-electron chi connectivity index (χ4n) is 1.09. The Bertz CT molecular complexity index is 379. The lowest BCUT2D eigenvalue weighted by Gasteiger charge is -2.08. The van der Waals surface area contributed by atoms with Gasteiger partial charge in [0.25, 0.3) is 5.91 Å². The molecule has 0 bridgehead atoms. The van der Waals surface area contributed by atoms with E-state index in [4.69, 9.17) is 21.5 Å². The Morgan fingerprint density at radius 1 is 1.62 bits per heavy atom. The van der Waals surface area contributed by atoms with Gasteiger partial charge in [0.05, 0.1) is 16.7 Å². The number of hydroxylamine groups is 1. The van der Waals surface area contributed by atoms with Crippen molar-refractivity contribution in [2.75, 3.05) is 6.61 Å². The topological polar surface area (TPSA) is 58.6 Å². The smallest absolute Gasteiger partial charge is 0.276 e. The van der Waals surface area contributed by atoms with Crippen LogP contribution in [0.1, 0.15) is 22.8 Å². The predicted octanol–water partition coefficient (Wildman–Crippen LogP) is 1.69. The number of benzene rings is 1. The number of rotatable bonds is 4. The van der Waals surface area contributed by atoms with Crippen molar-refractivity contribution in [1.29, 1.82) is 0 Å². The normalized spacial score (nSPS) is 12.2. The first-order chi connectivity index (χ1) is 7.50. The average molecular weight is 244 g/mol. The first kappa shape index (κ1) is 13.0. The van der Waals surface area contributed by atoms with Crippen LogP contribution in [-0.2, 0) is 4.84 Å². The predicted molar refractivity (Wildman–Crippen MR) is 61.3 cm³/mol. The van der Waals surface area contributed by atoms with Crippen LogP contribution < -0.4 is 5.48 Å². The number of amides is 1.